The van der Waals surface area contributed by atoms with E-state index in [2.05, 4.69) is 6.07 Å². The van der Waals surface area contributed by atoms with Gasteiger partial charge in [0.15, 0.2) is 0 Å². The predicted octanol–water partition coefficient (Wildman–Crippen LogP) is 4.46. The fourth-order valence-electron chi connectivity index (χ4n) is 2.47. The van der Waals surface area contributed by atoms with E-state index in [1.165, 1.54) is 0 Å². The molecule has 2 rings (SSSR count). The van der Waals surface area contributed by atoms with Crippen LogP contribution in [0.2, 0.25) is 0 Å². The van der Waals surface area contributed by atoms with Crippen LogP contribution in [0.15, 0.2) is 42.0 Å². The fourth-order valence-corrected chi connectivity index (χ4v) is 2.47. The molecule has 0 amide bonds. The maximum atomic E-state index is 12.3. The van der Waals surface area contributed by atoms with E-state index in [0.29, 0.717) is 18.5 Å². The maximum absolute atomic E-state index is 12.3. The molecule has 0 spiro atoms. The van der Waals surface area contributed by atoms with E-state index in [4.69, 9.17) is 10.5 Å². The van der Waals surface area contributed by atoms with Crippen molar-refractivity contribution in [3.05, 3.63) is 47.5 Å². The minimum Gasteiger partial charge on any atom is -0.374 e. The summed E-state index contributed by atoms with van der Waals surface area (Å²) in [5.74, 6) is 0. The van der Waals surface area contributed by atoms with E-state index in [-0.39, 0.29) is 12.2 Å². The Bertz CT molecular complexity index is 809. The van der Waals surface area contributed by atoms with Crippen molar-refractivity contribution < 1.29 is 4.39 Å². The molecule has 23 heavy (non-hydrogen) atoms. The lowest BCUT2D eigenvalue weighted by Gasteiger charge is -2.19. The summed E-state index contributed by atoms with van der Waals surface area (Å²) in [6, 6.07) is 15.8. The largest absolute Gasteiger partial charge is 0.374 e. The number of allylic oxidation sites excluding steroid dienone is 2. The molecule has 0 heterocycles. The van der Waals surface area contributed by atoms with Crippen LogP contribution in [0.4, 0.5) is 10.1 Å². The molecule has 0 saturated carbocycles. The van der Waals surface area contributed by atoms with Crippen molar-refractivity contribution in [1.82, 2.24) is 0 Å². The Hall–Kier alpha value is -2.85. The van der Waals surface area contributed by atoms with Crippen LogP contribution >= 0.6 is 0 Å². The third-order valence-corrected chi connectivity index (χ3v) is 3.92. The molecule has 0 atom stereocenters. The molecule has 2 aromatic rings. The molecule has 0 bridgehead atoms. The molecular formula is C19H18FN3. The number of hydrogen-bond donors (Lipinski definition) is 0. The van der Waals surface area contributed by atoms with Gasteiger partial charge in [0.25, 0.3) is 0 Å². The van der Waals surface area contributed by atoms with Crippen LogP contribution in [-0.4, -0.2) is 20.3 Å². The van der Waals surface area contributed by atoms with E-state index in [9.17, 15) is 4.39 Å². The van der Waals surface area contributed by atoms with Gasteiger partial charge < -0.3 is 4.90 Å². The molecule has 3 nitrogen and oxygen atoms in total. The second-order valence-corrected chi connectivity index (χ2v) is 5.43. The zero-order chi connectivity index (χ0) is 16.8. The Balaban J connectivity index is 2.39. The zero-order valence-corrected chi connectivity index (χ0v) is 13.3. The molecule has 4 heteroatoms. The summed E-state index contributed by atoms with van der Waals surface area (Å²) in [7, 11) is 1.95. The number of anilines is 1. The molecule has 0 N–H and O–H groups in total. The van der Waals surface area contributed by atoms with Crippen LogP contribution in [0.25, 0.3) is 16.3 Å². The van der Waals surface area contributed by atoms with Gasteiger partial charge >= 0.3 is 0 Å². The van der Waals surface area contributed by atoms with Crippen molar-refractivity contribution in [3.8, 4) is 12.1 Å². The molecule has 0 radical (unpaired) electrons. The number of nitrogens with zero attached hydrogens (tertiary/aromatic N) is 3. The van der Waals surface area contributed by atoms with Crippen LogP contribution in [0, 0.1) is 22.7 Å². The van der Waals surface area contributed by atoms with Crippen LogP contribution in [0.3, 0.4) is 0 Å². The summed E-state index contributed by atoms with van der Waals surface area (Å²) in [5, 5.41) is 20.1. The normalized spacial score (nSPS) is 9.96. The second kappa shape index (κ2) is 7.42. The number of fused-ring (bicyclic) bond motifs is 1. The van der Waals surface area contributed by atoms with E-state index in [0.717, 1.165) is 22.0 Å². The monoisotopic (exact) mass is 307 g/mol. The highest BCUT2D eigenvalue weighted by atomic mass is 19.1. The summed E-state index contributed by atoms with van der Waals surface area (Å²) in [6.07, 6.45) is 0.516. The van der Waals surface area contributed by atoms with Gasteiger partial charge in [0.1, 0.15) is 17.7 Å². The van der Waals surface area contributed by atoms with Gasteiger partial charge in [-0.3, -0.25) is 4.39 Å². The lowest BCUT2D eigenvalue weighted by molar-refractivity contribution is 0.474. The van der Waals surface area contributed by atoms with E-state index < -0.39 is 0 Å². The van der Waals surface area contributed by atoms with Crippen LogP contribution in [-0.2, 0) is 0 Å². The SMILES string of the molecule is CC(=C(C#N)C#N)c1ccc2cc(N(C)CCCF)ccc2c1. The van der Waals surface area contributed by atoms with Crippen LogP contribution in [0.1, 0.15) is 18.9 Å². The van der Waals surface area contributed by atoms with Gasteiger partial charge in [-0.15, -0.1) is 0 Å². The minimum atomic E-state index is -0.312. The first-order chi connectivity index (χ1) is 11.1. The highest BCUT2D eigenvalue weighted by Gasteiger charge is 2.06. The Morgan fingerprint density at radius 3 is 2.39 bits per heavy atom. The number of halogens is 1. The highest BCUT2D eigenvalue weighted by Crippen LogP contribution is 2.26. The van der Waals surface area contributed by atoms with Gasteiger partial charge in [-0.1, -0.05) is 18.2 Å². The summed E-state index contributed by atoms with van der Waals surface area (Å²) in [5.41, 5.74) is 2.72. The summed E-state index contributed by atoms with van der Waals surface area (Å²) < 4.78 is 12.3. The summed E-state index contributed by atoms with van der Waals surface area (Å²) in [6.45, 7) is 2.14. The minimum absolute atomic E-state index is 0.131. The van der Waals surface area contributed by atoms with E-state index in [1.54, 1.807) is 6.92 Å². The van der Waals surface area contributed by atoms with Gasteiger partial charge in [0.2, 0.25) is 0 Å². The van der Waals surface area contributed by atoms with E-state index in [1.807, 2.05) is 54.4 Å². The first-order valence-corrected chi connectivity index (χ1v) is 7.43. The molecular weight excluding hydrogens is 289 g/mol. The predicted molar refractivity (Wildman–Crippen MR) is 91.6 cm³/mol. The van der Waals surface area contributed by atoms with Crippen molar-refractivity contribution >= 4 is 22.0 Å². The lowest BCUT2D eigenvalue weighted by atomic mass is 9.99. The van der Waals surface area contributed by atoms with Crippen molar-refractivity contribution in [2.45, 2.75) is 13.3 Å². The van der Waals surface area contributed by atoms with Gasteiger partial charge in [0.05, 0.1) is 6.67 Å². The first kappa shape index (κ1) is 16.5. The fraction of sp³-hybridized carbons (Fsp3) is 0.263. The van der Waals surface area contributed by atoms with E-state index >= 15 is 0 Å². The van der Waals surface area contributed by atoms with Crippen molar-refractivity contribution in [1.29, 1.82) is 10.5 Å². The average Bonchev–Trinajstić information content (AvgIpc) is 2.59. The van der Waals surface area contributed by atoms with Crippen LogP contribution < -0.4 is 4.90 Å². The number of nitriles is 2. The topological polar surface area (TPSA) is 50.8 Å². The van der Waals surface area contributed by atoms with Gasteiger partial charge in [0, 0.05) is 19.3 Å². The van der Waals surface area contributed by atoms with Gasteiger partial charge in [-0.25, -0.2) is 0 Å². The van der Waals surface area contributed by atoms with Crippen molar-refractivity contribution in [2.75, 3.05) is 25.2 Å². The van der Waals surface area contributed by atoms with Crippen molar-refractivity contribution in [2.24, 2.45) is 0 Å². The Morgan fingerprint density at radius 1 is 1.09 bits per heavy atom. The molecule has 0 unspecified atom stereocenters. The Labute approximate surface area is 135 Å². The molecule has 0 aromatic heterocycles. The molecule has 2 aromatic carbocycles. The number of hydrogen-bond acceptors (Lipinski definition) is 3. The van der Waals surface area contributed by atoms with Gasteiger partial charge in [-0.05, 0) is 53.5 Å². The lowest BCUT2D eigenvalue weighted by Crippen LogP contribution is -2.18. The average molecular weight is 307 g/mol. The smallest absolute Gasteiger partial charge is 0.133 e. The van der Waals surface area contributed by atoms with Crippen LogP contribution in [0.5, 0.6) is 0 Å². The summed E-state index contributed by atoms with van der Waals surface area (Å²) in [4.78, 5) is 2.03. The Morgan fingerprint density at radius 2 is 1.74 bits per heavy atom. The summed E-state index contributed by atoms with van der Waals surface area (Å²) >= 11 is 0. The third kappa shape index (κ3) is 3.67. The van der Waals surface area contributed by atoms with Gasteiger partial charge in [-0.2, -0.15) is 10.5 Å². The number of rotatable bonds is 5. The molecule has 0 fully saturated rings. The highest BCUT2D eigenvalue weighted by molar-refractivity contribution is 5.89. The second-order valence-electron chi connectivity index (χ2n) is 5.43. The first-order valence-electron chi connectivity index (χ1n) is 7.43. The molecule has 0 aliphatic heterocycles. The Kier molecular flexibility index (Phi) is 5.33. The quantitative estimate of drug-likeness (QED) is 0.766. The standard InChI is InChI=1S/C19H18FN3/c1-14(18(12-21)13-22)15-4-5-17-11-19(7-6-16(17)10-15)23(2)9-3-8-20/h4-7,10-11H,3,8-9H2,1-2H3. The molecule has 0 saturated heterocycles. The number of benzene rings is 2. The molecule has 0 aliphatic carbocycles. The zero-order valence-electron chi connectivity index (χ0n) is 13.3. The number of alkyl halides is 1. The van der Waals surface area contributed by atoms with Crippen molar-refractivity contribution in [3.63, 3.8) is 0 Å². The third-order valence-electron chi connectivity index (χ3n) is 3.92. The molecule has 116 valence electrons. The molecule has 0 aliphatic rings. The maximum Gasteiger partial charge on any atom is 0.133 e.